The fraction of sp³-hybridized carbons (Fsp3) is 0.357. The summed E-state index contributed by atoms with van der Waals surface area (Å²) in [7, 11) is 0. The number of anilines is 1. The van der Waals surface area contributed by atoms with Gasteiger partial charge in [-0.3, -0.25) is 0 Å². The second-order valence-electron chi connectivity index (χ2n) is 4.59. The van der Waals surface area contributed by atoms with Gasteiger partial charge in [-0.15, -0.1) is 0 Å². The molecule has 1 aromatic rings. The molecule has 0 fully saturated rings. The van der Waals surface area contributed by atoms with Crippen molar-refractivity contribution in [1.82, 2.24) is 5.32 Å². The van der Waals surface area contributed by atoms with Gasteiger partial charge in [0.05, 0.1) is 11.3 Å². The van der Waals surface area contributed by atoms with Gasteiger partial charge in [-0.25, -0.2) is 13.6 Å². The lowest BCUT2D eigenvalue weighted by atomic mass is 10.1. The van der Waals surface area contributed by atoms with Gasteiger partial charge in [-0.2, -0.15) is 0 Å². The minimum absolute atomic E-state index is 0.0120. The predicted octanol–water partition coefficient (Wildman–Crippen LogP) is 2.38. The molecule has 0 saturated heterocycles. The van der Waals surface area contributed by atoms with Crippen LogP contribution in [0.3, 0.4) is 0 Å². The van der Waals surface area contributed by atoms with Crippen LogP contribution in [0.2, 0.25) is 0 Å². The Morgan fingerprint density at radius 3 is 2.80 bits per heavy atom. The highest BCUT2D eigenvalue weighted by molar-refractivity contribution is 5.88. The summed E-state index contributed by atoms with van der Waals surface area (Å²) in [4.78, 5) is 10.7. The fourth-order valence-electron chi connectivity index (χ4n) is 2.11. The van der Waals surface area contributed by atoms with Gasteiger partial charge in [0.25, 0.3) is 0 Å². The summed E-state index contributed by atoms with van der Waals surface area (Å²) in [6, 6.07) is 2.31. The zero-order valence-corrected chi connectivity index (χ0v) is 10.9. The first-order valence-electron chi connectivity index (χ1n) is 6.43. The number of carbonyl (C=O) groups is 1. The standard InChI is InChI=1S/C14H16F2N2O2/c15-12-10(14(19)20)1-2-11(13(12)16)18-8-5-9-3-6-17-7-4-9/h1-3,17-18H,4-8H2,(H,19,20). The minimum atomic E-state index is -1.48. The van der Waals surface area contributed by atoms with Crippen LogP contribution in [0.15, 0.2) is 23.8 Å². The van der Waals surface area contributed by atoms with Crippen LogP contribution >= 0.6 is 0 Å². The van der Waals surface area contributed by atoms with Gasteiger partial charge in [0.15, 0.2) is 11.6 Å². The van der Waals surface area contributed by atoms with Crippen LogP contribution in [-0.2, 0) is 0 Å². The topological polar surface area (TPSA) is 61.4 Å². The molecule has 4 nitrogen and oxygen atoms in total. The van der Waals surface area contributed by atoms with Crippen molar-refractivity contribution in [2.24, 2.45) is 0 Å². The SMILES string of the molecule is O=C(O)c1ccc(NCCC2=CCNCC2)c(F)c1F. The van der Waals surface area contributed by atoms with Crippen LogP contribution < -0.4 is 10.6 Å². The van der Waals surface area contributed by atoms with E-state index in [4.69, 9.17) is 5.11 Å². The van der Waals surface area contributed by atoms with Crippen molar-refractivity contribution >= 4 is 11.7 Å². The molecule has 0 spiro atoms. The van der Waals surface area contributed by atoms with Gasteiger partial charge in [-0.05, 0) is 31.5 Å². The third-order valence-corrected chi connectivity index (χ3v) is 3.23. The summed E-state index contributed by atoms with van der Waals surface area (Å²) in [6.07, 6.45) is 3.80. The van der Waals surface area contributed by atoms with Crippen molar-refractivity contribution in [2.45, 2.75) is 12.8 Å². The Bertz CT molecular complexity index is 544. The van der Waals surface area contributed by atoms with Crippen molar-refractivity contribution in [2.75, 3.05) is 25.0 Å². The van der Waals surface area contributed by atoms with Crippen LogP contribution in [0.25, 0.3) is 0 Å². The van der Waals surface area contributed by atoms with Crippen LogP contribution in [0.1, 0.15) is 23.2 Å². The maximum Gasteiger partial charge on any atom is 0.338 e. The molecule has 0 bridgehead atoms. The normalized spacial score (nSPS) is 14.8. The van der Waals surface area contributed by atoms with Gasteiger partial charge < -0.3 is 15.7 Å². The second kappa shape index (κ2) is 6.47. The van der Waals surface area contributed by atoms with E-state index in [2.05, 4.69) is 16.7 Å². The van der Waals surface area contributed by atoms with Crippen LogP contribution in [0.4, 0.5) is 14.5 Å². The van der Waals surface area contributed by atoms with Gasteiger partial charge in [0.1, 0.15) is 0 Å². The minimum Gasteiger partial charge on any atom is -0.478 e. The average Bonchev–Trinajstić information content (AvgIpc) is 2.44. The molecular formula is C14H16F2N2O2. The molecule has 2 rings (SSSR count). The van der Waals surface area contributed by atoms with E-state index in [1.54, 1.807) is 0 Å². The van der Waals surface area contributed by atoms with Crippen LogP contribution in [0, 0.1) is 11.6 Å². The maximum atomic E-state index is 13.7. The third kappa shape index (κ3) is 3.33. The smallest absolute Gasteiger partial charge is 0.338 e. The van der Waals surface area contributed by atoms with E-state index in [1.807, 2.05) is 0 Å². The summed E-state index contributed by atoms with van der Waals surface area (Å²) in [5.74, 6) is -3.96. The number of carboxylic acids is 1. The first-order chi connectivity index (χ1) is 9.59. The van der Waals surface area contributed by atoms with Gasteiger partial charge in [0.2, 0.25) is 0 Å². The molecule has 0 aromatic heterocycles. The molecule has 1 aliphatic rings. The quantitative estimate of drug-likeness (QED) is 0.726. The molecule has 20 heavy (non-hydrogen) atoms. The van der Waals surface area contributed by atoms with Crippen molar-refractivity contribution in [3.63, 3.8) is 0 Å². The Kier molecular flexibility index (Phi) is 4.68. The van der Waals surface area contributed by atoms with Crippen molar-refractivity contribution in [3.05, 3.63) is 41.0 Å². The van der Waals surface area contributed by atoms with Crippen molar-refractivity contribution in [1.29, 1.82) is 0 Å². The number of hydrogen-bond donors (Lipinski definition) is 3. The summed E-state index contributed by atoms with van der Waals surface area (Å²) in [6.45, 7) is 2.25. The zero-order valence-electron chi connectivity index (χ0n) is 10.9. The summed E-state index contributed by atoms with van der Waals surface area (Å²) in [5, 5.41) is 14.7. The van der Waals surface area contributed by atoms with E-state index in [9.17, 15) is 13.6 Å². The molecule has 3 N–H and O–H groups in total. The van der Waals surface area contributed by atoms with Gasteiger partial charge >= 0.3 is 5.97 Å². The Morgan fingerprint density at radius 2 is 2.15 bits per heavy atom. The Hall–Kier alpha value is -1.95. The van der Waals surface area contributed by atoms with E-state index in [1.165, 1.54) is 11.6 Å². The molecule has 1 aliphatic heterocycles. The summed E-state index contributed by atoms with van der Waals surface area (Å²) in [5.41, 5.74) is 0.607. The molecule has 1 aromatic carbocycles. The predicted molar refractivity (Wildman–Crippen MR) is 72.0 cm³/mol. The number of rotatable bonds is 5. The first-order valence-corrected chi connectivity index (χ1v) is 6.43. The monoisotopic (exact) mass is 282 g/mol. The number of hydrogen-bond acceptors (Lipinski definition) is 3. The van der Waals surface area contributed by atoms with E-state index in [-0.39, 0.29) is 5.69 Å². The molecule has 0 atom stereocenters. The number of nitrogens with one attached hydrogen (secondary N) is 2. The number of aromatic carboxylic acids is 1. The van der Waals surface area contributed by atoms with E-state index in [0.29, 0.717) is 6.54 Å². The Balaban J connectivity index is 1.98. The zero-order chi connectivity index (χ0) is 14.5. The molecule has 108 valence electrons. The molecule has 0 radical (unpaired) electrons. The first kappa shape index (κ1) is 14.5. The average molecular weight is 282 g/mol. The third-order valence-electron chi connectivity index (χ3n) is 3.23. The molecular weight excluding hydrogens is 266 g/mol. The highest BCUT2D eigenvalue weighted by atomic mass is 19.2. The fourth-order valence-corrected chi connectivity index (χ4v) is 2.11. The molecule has 0 amide bonds. The molecule has 0 saturated carbocycles. The van der Waals surface area contributed by atoms with Gasteiger partial charge in [-0.1, -0.05) is 11.6 Å². The number of carboxylic acid groups (broad SMARTS) is 1. The van der Waals surface area contributed by atoms with E-state index >= 15 is 0 Å². The number of benzene rings is 1. The highest BCUT2D eigenvalue weighted by Crippen LogP contribution is 2.21. The van der Waals surface area contributed by atoms with Crippen molar-refractivity contribution in [3.8, 4) is 0 Å². The summed E-state index contributed by atoms with van der Waals surface area (Å²) >= 11 is 0. The Labute approximate surface area is 115 Å². The van der Waals surface area contributed by atoms with E-state index in [0.717, 1.165) is 32.0 Å². The maximum absolute atomic E-state index is 13.7. The molecule has 0 unspecified atom stereocenters. The molecule has 6 heteroatoms. The highest BCUT2D eigenvalue weighted by Gasteiger charge is 2.17. The lowest BCUT2D eigenvalue weighted by Crippen LogP contribution is -2.21. The lowest BCUT2D eigenvalue weighted by Gasteiger charge is -2.15. The second-order valence-corrected chi connectivity index (χ2v) is 4.59. The largest absolute Gasteiger partial charge is 0.478 e. The number of halogens is 2. The van der Waals surface area contributed by atoms with E-state index < -0.39 is 23.2 Å². The van der Waals surface area contributed by atoms with Gasteiger partial charge in [0, 0.05) is 13.1 Å². The molecule has 0 aliphatic carbocycles. The lowest BCUT2D eigenvalue weighted by molar-refractivity contribution is 0.0690. The summed E-state index contributed by atoms with van der Waals surface area (Å²) < 4.78 is 27.1. The van der Waals surface area contributed by atoms with Crippen LogP contribution in [0.5, 0.6) is 0 Å². The molecule has 1 heterocycles. The van der Waals surface area contributed by atoms with Crippen LogP contribution in [-0.4, -0.2) is 30.7 Å². The Morgan fingerprint density at radius 1 is 1.35 bits per heavy atom. The van der Waals surface area contributed by atoms with Crippen molar-refractivity contribution < 1.29 is 18.7 Å².